The second-order valence-electron chi connectivity index (χ2n) is 18.5. The number of nitrogens with two attached hydrogens (primary N) is 1. The maximum absolute atomic E-state index is 11.9. The van der Waals surface area contributed by atoms with E-state index in [1.54, 1.807) is 65.2 Å². The summed E-state index contributed by atoms with van der Waals surface area (Å²) < 4.78 is 14.2. The van der Waals surface area contributed by atoms with Crippen LogP contribution < -0.4 is 40.6 Å². The van der Waals surface area contributed by atoms with Gasteiger partial charge in [-0.1, -0.05) is 181 Å². The molecule has 0 saturated carbocycles. The van der Waals surface area contributed by atoms with E-state index in [4.69, 9.17) is 26.8 Å². The molecule has 86 heavy (non-hydrogen) atoms. The Labute approximate surface area is 569 Å². The number of ketones is 1. The molecule has 1 fully saturated rings. The van der Waals surface area contributed by atoms with E-state index >= 15 is 0 Å². The van der Waals surface area contributed by atoms with Crippen molar-refractivity contribution in [3.8, 4) is 0 Å². The summed E-state index contributed by atoms with van der Waals surface area (Å²) in [4.78, 5) is 93.9. The number of amides is 3. The van der Waals surface area contributed by atoms with Gasteiger partial charge in [0.2, 0.25) is 17.1 Å². The number of esters is 3. The normalized spacial score (nSPS) is 12.1. The zero-order valence-electron chi connectivity index (χ0n) is 51.9. The number of aliphatic hydroxyl groups is 1. The standard InChI is InChI=1S/C14H19NO3.C13H15NO2.C12H13NO2.C11H15NO2.C7H9N.C4H7BrO2.C3H5ClO.I2.Na.H/c1-3-13(16)15(11-14(17)18-4-2)10-12-8-6-5-7-9-12;1-13(2)11(15)9-14(12(13)16)8-10-6-4-3-5-7-10;1-9-11(14)8-13(12(9)15)7-10-5-3-2-4-6-10;1-2-14-11(13)9-12-8-10-6-4-3-5-7-10;8-6-7-4-2-1-3-5-7;1-2-7-4(6)3-5;1-2-3(4)5;1-2;;/h5-9H,3-4,10-11H2,1-2H3;3-7H,8-9H2,1-2H3;2-6,14H,7-8H2,1H3;3-7,12H,2,8-9H2,1H3;1-5H,6,8H2;2-3H2,1H3;2H2,1H3;;;/q;;;;;;;;+1;-1. The van der Waals surface area contributed by atoms with Crippen molar-refractivity contribution in [3.63, 3.8) is 0 Å². The van der Waals surface area contributed by atoms with Crippen molar-refractivity contribution in [2.45, 2.75) is 101 Å². The van der Waals surface area contributed by atoms with E-state index in [1.165, 1.54) is 10.5 Å². The minimum Gasteiger partial charge on any atom is -1.00 e. The van der Waals surface area contributed by atoms with Crippen molar-refractivity contribution in [2.75, 3.05) is 51.3 Å². The molecule has 0 bridgehead atoms. The van der Waals surface area contributed by atoms with Crippen LogP contribution >= 0.6 is 64.8 Å². The number of ether oxygens (including phenoxy) is 3. The Morgan fingerprint density at radius 1 is 0.640 bits per heavy atom. The topological polar surface area (TPSA) is 232 Å². The molecule has 1 saturated heterocycles. The van der Waals surface area contributed by atoms with Crippen molar-refractivity contribution < 1.29 is 88.7 Å². The van der Waals surface area contributed by atoms with E-state index in [2.05, 4.69) is 63.2 Å². The number of likely N-dealkylation sites (tertiary alicyclic amines) is 1. The first-order valence-corrected chi connectivity index (χ1v) is 35.2. The van der Waals surface area contributed by atoms with Crippen LogP contribution in [0.3, 0.4) is 0 Å². The molecule has 22 heteroatoms. The smallest absolute Gasteiger partial charge is 1.00 e. The van der Waals surface area contributed by atoms with E-state index in [1.807, 2.05) is 152 Å². The Morgan fingerprint density at radius 2 is 1.03 bits per heavy atom. The predicted octanol–water partition coefficient (Wildman–Crippen LogP) is 8.95. The summed E-state index contributed by atoms with van der Waals surface area (Å²) >= 11 is 12.0. The monoisotopic (exact) mass is 1510 g/mol. The van der Waals surface area contributed by atoms with Gasteiger partial charge in [0.15, 0.2) is 5.78 Å². The number of benzene rings is 5. The fraction of sp³-hybridized carbons (Fsp3) is 0.375. The molecule has 0 spiro atoms. The van der Waals surface area contributed by atoms with Crippen LogP contribution in [0.5, 0.6) is 0 Å². The van der Waals surface area contributed by atoms with Gasteiger partial charge in [-0.3, -0.25) is 38.4 Å². The van der Waals surface area contributed by atoms with E-state index in [0.717, 1.165) is 22.3 Å². The van der Waals surface area contributed by atoms with Crippen LogP contribution in [0, 0.1) is 5.41 Å². The Balaban J connectivity index is -0.000000967. The van der Waals surface area contributed by atoms with Crippen LogP contribution in [0.1, 0.15) is 97.5 Å². The molecule has 2 heterocycles. The molecule has 0 radical (unpaired) electrons. The number of carbonyl (C=O) groups excluding carboxylic acids is 8. The third-order valence-electron chi connectivity index (χ3n) is 11.7. The Bertz CT molecular complexity index is 2750. The summed E-state index contributed by atoms with van der Waals surface area (Å²) in [5, 5.41) is 12.5. The Hall–Kier alpha value is -5.05. The number of nitrogens with zero attached hydrogens (tertiary/aromatic N) is 3. The summed E-state index contributed by atoms with van der Waals surface area (Å²) in [6.07, 6.45) is 0.813. The first-order chi connectivity index (χ1) is 40.7. The number of hydrogen-bond acceptors (Lipinski definition) is 14. The maximum atomic E-state index is 11.9. The number of aliphatic hydroxyl groups excluding tert-OH is 1. The van der Waals surface area contributed by atoms with Crippen molar-refractivity contribution in [2.24, 2.45) is 11.1 Å². The summed E-state index contributed by atoms with van der Waals surface area (Å²) in [7, 11) is 0. The van der Waals surface area contributed by atoms with E-state index in [-0.39, 0.29) is 103 Å². The van der Waals surface area contributed by atoms with Crippen molar-refractivity contribution in [1.29, 1.82) is 0 Å². The Kier molecular flexibility index (Phi) is 49.1. The van der Waals surface area contributed by atoms with Crippen molar-refractivity contribution in [1.82, 2.24) is 20.0 Å². The fourth-order valence-electron chi connectivity index (χ4n) is 7.10. The molecule has 0 atom stereocenters. The zero-order chi connectivity index (χ0) is 64.0. The second kappa shape index (κ2) is 50.9. The van der Waals surface area contributed by atoms with E-state index in [9.17, 15) is 43.5 Å². The largest absolute Gasteiger partial charge is 1.00 e. The number of carbonyl (C=O) groups is 8. The summed E-state index contributed by atoms with van der Waals surface area (Å²) in [6.45, 7) is 18.8. The molecule has 466 valence electrons. The number of hydrogen-bond donors (Lipinski definition) is 3. The number of rotatable bonds is 19. The zero-order valence-corrected chi connectivity index (χ0v) is 59.6. The molecule has 0 unspecified atom stereocenters. The van der Waals surface area contributed by atoms with Gasteiger partial charge in [0.1, 0.15) is 23.0 Å². The van der Waals surface area contributed by atoms with Gasteiger partial charge in [0.25, 0.3) is 5.91 Å². The first-order valence-electron chi connectivity index (χ1n) is 27.4. The predicted molar refractivity (Wildman–Crippen MR) is 356 cm³/mol. The van der Waals surface area contributed by atoms with Gasteiger partial charge in [-0.2, -0.15) is 0 Å². The molecule has 5 aromatic rings. The van der Waals surface area contributed by atoms with Crippen LogP contribution in [-0.2, 0) is 85.3 Å². The van der Waals surface area contributed by atoms with Gasteiger partial charge >= 0.3 is 47.5 Å². The average Bonchev–Trinajstić information content (AvgIpc) is 2.30. The molecular formula is C64H84BrClI2N5NaO12. The number of alkyl halides is 1. The van der Waals surface area contributed by atoms with Gasteiger partial charge in [-0.25, -0.2) is 0 Å². The molecule has 17 nitrogen and oxygen atoms in total. The third-order valence-corrected chi connectivity index (χ3v) is 12.4. The molecular weight excluding hydrogens is 1420 g/mol. The molecule has 3 amide bonds. The van der Waals surface area contributed by atoms with E-state index < -0.39 is 5.41 Å². The minimum absolute atomic E-state index is 0. The average molecular weight is 1510 g/mol. The molecule has 2 aliphatic rings. The second-order valence-corrected chi connectivity index (χ2v) is 19.5. The van der Waals surface area contributed by atoms with Gasteiger partial charge in [-0.05, 0) is 81.0 Å². The van der Waals surface area contributed by atoms with Crippen LogP contribution in [-0.4, -0.2) is 118 Å². The SMILES string of the molecule is CC1(C)C(=O)CN(Cc2ccccc2)C1=O.CC1=C(O)CN(Cc2ccccc2)C1=O.CCC(=O)Cl.CCOC(=O)CBr.CCOC(=O)CN(Cc1ccccc1)C(=O)CC.CCOC(=O)CNCc1ccccc1.II.NCc1ccccc1.[H-].[Na+]. The third kappa shape index (κ3) is 36.9. The molecule has 0 aromatic heterocycles. The van der Waals surface area contributed by atoms with E-state index in [0.29, 0.717) is 82.8 Å². The van der Waals surface area contributed by atoms with Gasteiger partial charge in [-0.15, -0.1) is 0 Å². The molecule has 5 aromatic carbocycles. The Morgan fingerprint density at radius 3 is 1.37 bits per heavy atom. The molecule has 7 rings (SSSR count). The van der Waals surface area contributed by atoms with Crippen LogP contribution in [0.2, 0.25) is 0 Å². The summed E-state index contributed by atoms with van der Waals surface area (Å²) in [5.74, 6) is -0.768. The first kappa shape index (κ1) is 83.0. The summed E-state index contributed by atoms with van der Waals surface area (Å²) in [5.41, 5.74) is 10.5. The number of halogens is 4. The molecule has 2 aliphatic heterocycles. The molecule has 0 aliphatic carbocycles. The molecule has 4 N–H and O–H groups in total. The van der Waals surface area contributed by atoms with Crippen LogP contribution in [0.25, 0.3) is 0 Å². The minimum atomic E-state index is -0.839. The van der Waals surface area contributed by atoms with Crippen LogP contribution in [0.15, 0.2) is 163 Å². The number of nitrogens with one attached hydrogen (secondary N) is 1. The van der Waals surface area contributed by atoms with Gasteiger partial charge in [0, 0.05) is 82.8 Å². The van der Waals surface area contributed by atoms with Crippen molar-refractivity contribution >= 4 is 111 Å². The van der Waals surface area contributed by atoms with Gasteiger partial charge in [0.05, 0.1) is 45.0 Å². The number of Topliss-reactive ketones (excluding diaryl/α,β-unsaturated/α-hetero) is 1. The van der Waals surface area contributed by atoms with Gasteiger partial charge < -0.3 is 46.5 Å². The fourth-order valence-corrected chi connectivity index (χ4v) is 7.27. The quantitative estimate of drug-likeness (QED) is 0.0133. The summed E-state index contributed by atoms with van der Waals surface area (Å²) in [6, 6.07) is 49.0. The van der Waals surface area contributed by atoms with Crippen molar-refractivity contribution in [3.05, 3.63) is 191 Å². The van der Waals surface area contributed by atoms with Crippen LogP contribution in [0.4, 0.5) is 0 Å². The maximum Gasteiger partial charge on any atom is 1.00 e.